The number of hydrogen-bond donors (Lipinski definition) is 3. The molecule has 2 amide bonds. The van der Waals surface area contributed by atoms with Gasteiger partial charge >= 0.3 is 12.0 Å². The molecule has 2 aliphatic rings. The van der Waals surface area contributed by atoms with E-state index in [1.165, 1.54) is 19.3 Å². The van der Waals surface area contributed by atoms with Crippen molar-refractivity contribution in [2.24, 2.45) is 5.92 Å². The molecule has 2 atom stereocenters. The van der Waals surface area contributed by atoms with Gasteiger partial charge in [-0.25, -0.2) is 4.79 Å². The number of carboxylic acids is 1. The Bertz CT molecular complexity index is 366. The molecule has 5 heteroatoms. The predicted octanol–water partition coefficient (Wildman–Crippen LogP) is 2.65. The largest absolute Gasteiger partial charge is 0.481 e. The summed E-state index contributed by atoms with van der Waals surface area (Å²) in [4.78, 5) is 23.0. The molecule has 0 aromatic rings. The summed E-state index contributed by atoms with van der Waals surface area (Å²) in [6.07, 6.45) is 8.26. The van der Waals surface area contributed by atoms with Crippen molar-refractivity contribution in [2.75, 3.05) is 0 Å². The molecule has 0 aromatic heterocycles. The predicted molar refractivity (Wildman–Crippen MR) is 76.5 cm³/mol. The van der Waals surface area contributed by atoms with Crippen molar-refractivity contribution < 1.29 is 14.7 Å². The van der Waals surface area contributed by atoms with E-state index in [1.54, 1.807) is 0 Å². The molecule has 2 fully saturated rings. The maximum atomic E-state index is 12.1. The summed E-state index contributed by atoms with van der Waals surface area (Å²) in [5, 5.41) is 14.9. The summed E-state index contributed by atoms with van der Waals surface area (Å²) < 4.78 is 0. The van der Waals surface area contributed by atoms with Crippen LogP contribution >= 0.6 is 0 Å². The Balaban J connectivity index is 1.81. The van der Waals surface area contributed by atoms with E-state index in [0.29, 0.717) is 5.92 Å². The van der Waals surface area contributed by atoms with Crippen molar-refractivity contribution in [3.63, 3.8) is 0 Å². The molecule has 0 heterocycles. The van der Waals surface area contributed by atoms with Crippen LogP contribution in [0.4, 0.5) is 4.79 Å². The first-order chi connectivity index (χ1) is 9.53. The molecule has 0 saturated heterocycles. The zero-order chi connectivity index (χ0) is 14.6. The number of urea groups is 1. The Morgan fingerprint density at radius 2 is 2.00 bits per heavy atom. The fourth-order valence-corrected chi connectivity index (χ4v) is 3.49. The average molecular weight is 282 g/mol. The minimum absolute atomic E-state index is 0.0304. The Hall–Kier alpha value is -1.26. The molecule has 114 valence electrons. The highest BCUT2D eigenvalue weighted by Gasteiger charge is 2.40. The van der Waals surface area contributed by atoms with Crippen LogP contribution in [-0.4, -0.2) is 28.7 Å². The molecule has 5 nitrogen and oxygen atoms in total. The van der Waals surface area contributed by atoms with Crippen LogP contribution in [0.1, 0.15) is 64.7 Å². The smallest absolute Gasteiger partial charge is 0.315 e. The Kier molecular flexibility index (Phi) is 4.89. The summed E-state index contributed by atoms with van der Waals surface area (Å²) in [5.41, 5.74) is -0.505. The SMILES string of the molecule is CCC1CCCC(NC(=O)NC2(CC(=O)O)CCC2)C1. The Labute approximate surface area is 120 Å². The van der Waals surface area contributed by atoms with Gasteiger partial charge < -0.3 is 15.7 Å². The fourth-order valence-electron chi connectivity index (χ4n) is 3.49. The molecule has 20 heavy (non-hydrogen) atoms. The minimum atomic E-state index is -0.839. The van der Waals surface area contributed by atoms with Gasteiger partial charge in [0.2, 0.25) is 0 Å². The highest BCUT2D eigenvalue weighted by molar-refractivity contribution is 5.77. The van der Waals surface area contributed by atoms with Crippen LogP contribution in [0.3, 0.4) is 0 Å². The molecule has 0 aliphatic heterocycles. The lowest BCUT2D eigenvalue weighted by Gasteiger charge is -2.42. The van der Waals surface area contributed by atoms with Gasteiger partial charge in [0.15, 0.2) is 0 Å². The molecule has 0 spiro atoms. The van der Waals surface area contributed by atoms with Crippen LogP contribution in [0, 0.1) is 5.92 Å². The van der Waals surface area contributed by atoms with Crippen molar-refractivity contribution >= 4 is 12.0 Å². The first-order valence-electron chi connectivity index (χ1n) is 7.83. The molecular weight excluding hydrogens is 256 g/mol. The van der Waals surface area contributed by atoms with Gasteiger partial charge in [-0.15, -0.1) is 0 Å². The lowest BCUT2D eigenvalue weighted by atomic mass is 9.74. The molecule has 0 radical (unpaired) electrons. The fraction of sp³-hybridized carbons (Fsp3) is 0.867. The van der Waals surface area contributed by atoms with Gasteiger partial charge in [-0.2, -0.15) is 0 Å². The molecule has 2 saturated carbocycles. The molecule has 2 unspecified atom stereocenters. The van der Waals surface area contributed by atoms with Gasteiger partial charge in [0.1, 0.15) is 0 Å². The monoisotopic (exact) mass is 282 g/mol. The van der Waals surface area contributed by atoms with Crippen LogP contribution in [0.25, 0.3) is 0 Å². The average Bonchev–Trinajstić information content (AvgIpc) is 2.35. The quantitative estimate of drug-likeness (QED) is 0.725. The van der Waals surface area contributed by atoms with Crippen LogP contribution in [0.5, 0.6) is 0 Å². The molecule has 2 rings (SSSR count). The van der Waals surface area contributed by atoms with Gasteiger partial charge in [0.25, 0.3) is 0 Å². The number of carbonyl (C=O) groups is 2. The number of rotatable bonds is 5. The van der Waals surface area contributed by atoms with Crippen LogP contribution in [-0.2, 0) is 4.79 Å². The lowest BCUT2D eigenvalue weighted by Crippen LogP contribution is -2.58. The summed E-state index contributed by atoms with van der Waals surface area (Å²) in [6, 6.07) is 0.0587. The lowest BCUT2D eigenvalue weighted by molar-refractivity contribution is -0.139. The van der Waals surface area contributed by atoms with Crippen molar-refractivity contribution in [1.82, 2.24) is 10.6 Å². The molecule has 2 aliphatic carbocycles. The first kappa shape index (κ1) is 15.1. The maximum absolute atomic E-state index is 12.1. The minimum Gasteiger partial charge on any atom is -0.481 e. The van der Waals surface area contributed by atoms with E-state index < -0.39 is 11.5 Å². The molecule has 3 N–H and O–H groups in total. The second-order valence-corrected chi connectivity index (χ2v) is 6.44. The zero-order valence-corrected chi connectivity index (χ0v) is 12.3. The van der Waals surface area contributed by atoms with E-state index in [9.17, 15) is 9.59 Å². The van der Waals surface area contributed by atoms with E-state index in [1.807, 2.05) is 0 Å². The second kappa shape index (κ2) is 6.46. The maximum Gasteiger partial charge on any atom is 0.315 e. The van der Waals surface area contributed by atoms with Gasteiger partial charge in [-0.05, 0) is 38.0 Å². The van der Waals surface area contributed by atoms with Crippen molar-refractivity contribution in [1.29, 1.82) is 0 Å². The van der Waals surface area contributed by atoms with Crippen molar-refractivity contribution in [3.8, 4) is 0 Å². The molecular formula is C15H26N2O3. The van der Waals surface area contributed by atoms with E-state index in [0.717, 1.165) is 32.1 Å². The summed E-state index contributed by atoms with van der Waals surface area (Å²) >= 11 is 0. The summed E-state index contributed by atoms with van der Waals surface area (Å²) in [5.74, 6) is -0.126. The van der Waals surface area contributed by atoms with Crippen LogP contribution in [0.15, 0.2) is 0 Å². The first-order valence-corrected chi connectivity index (χ1v) is 7.83. The standard InChI is InChI=1S/C15H26N2O3/c1-2-11-5-3-6-12(9-11)16-14(20)17-15(7-4-8-15)10-13(18)19/h11-12H,2-10H2,1H3,(H,18,19)(H2,16,17,20). The highest BCUT2D eigenvalue weighted by Crippen LogP contribution is 2.35. The zero-order valence-electron chi connectivity index (χ0n) is 12.3. The topological polar surface area (TPSA) is 78.4 Å². The van der Waals surface area contributed by atoms with Gasteiger partial charge in [-0.3, -0.25) is 4.79 Å². The van der Waals surface area contributed by atoms with E-state index in [2.05, 4.69) is 17.6 Å². The van der Waals surface area contributed by atoms with Gasteiger partial charge in [-0.1, -0.05) is 26.2 Å². The normalized spacial score (nSPS) is 28.2. The van der Waals surface area contributed by atoms with Crippen molar-refractivity contribution in [2.45, 2.75) is 76.3 Å². The van der Waals surface area contributed by atoms with E-state index in [4.69, 9.17) is 5.11 Å². The second-order valence-electron chi connectivity index (χ2n) is 6.44. The number of carbonyl (C=O) groups excluding carboxylic acids is 1. The molecule has 0 bridgehead atoms. The van der Waals surface area contributed by atoms with Crippen LogP contribution < -0.4 is 10.6 Å². The molecule has 0 aromatic carbocycles. The summed E-state index contributed by atoms with van der Waals surface area (Å²) in [7, 11) is 0. The number of carboxylic acid groups (broad SMARTS) is 1. The number of amides is 2. The number of nitrogens with one attached hydrogen (secondary N) is 2. The van der Waals surface area contributed by atoms with E-state index >= 15 is 0 Å². The van der Waals surface area contributed by atoms with Gasteiger partial charge in [0, 0.05) is 6.04 Å². The van der Waals surface area contributed by atoms with E-state index in [-0.39, 0.29) is 18.5 Å². The summed E-state index contributed by atoms with van der Waals surface area (Å²) in [6.45, 7) is 2.20. The third-order valence-corrected chi connectivity index (χ3v) is 4.87. The third-order valence-electron chi connectivity index (χ3n) is 4.87. The van der Waals surface area contributed by atoms with Gasteiger partial charge in [0.05, 0.1) is 12.0 Å². The Morgan fingerprint density at radius 3 is 2.55 bits per heavy atom. The number of aliphatic carboxylic acids is 1. The van der Waals surface area contributed by atoms with Crippen molar-refractivity contribution in [3.05, 3.63) is 0 Å². The Morgan fingerprint density at radius 1 is 1.25 bits per heavy atom. The number of hydrogen-bond acceptors (Lipinski definition) is 2. The highest BCUT2D eigenvalue weighted by atomic mass is 16.4. The third kappa shape index (κ3) is 3.87. The van der Waals surface area contributed by atoms with Crippen LogP contribution in [0.2, 0.25) is 0 Å².